The molecule has 19 heavy (non-hydrogen) atoms. The molecule has 6 heteroatoms. The summed E-state index contributed by atoms with van der Waals surface area (Å²) in [5, 5.41) is 2.66. The number of hydrogen-bond donors (Lipinski definition) is 2. The van der Waals surface area contributed by atoms with Gasteiger partial charge in [-0.2, -0.15) is 0 Å². The van der Waals surface area contributed by atoms with Crippen LogP contribution in [0.5, 0.6) is 0 Å². The van der Waals surface area contributed by atoms with Crippen LogP contribution in [0.25, 0.3) is 0 Å². The van der Waals surface area contributed by atoms with Crippen molar-refractivity contribution in [2.45, 2.75) is 38.0 Å². The Kier molecular flexibility index (Phi) is 4.10. The Balaban J connectivity index is 2.00. The van der Waals surface area contributed by atoms with Gasteiger partial charge in [0, 0.05) is 18.3 Å². The van der Waals surface area contributed by atoms with Crippen molar-refractivity contribution in [2.24, 2.45) is 0 Å². The lowest BCUT2D eigenvalue weighted by Gasteiger charge is -2.15. The molecule has 1 aliphatic carbocycles. The fourth-order valence-electron chi connectivity index (χ4n) is 1.70. The standard InChI is InChI=1S/C13H19FN2O2S/c1-9-7-12(5-6-13(9)14)16-19(17,18)10(2)8-15-11-3-4-11/h5-7,10-11,15-16H,3-4,8H2,1-2H3. The van der Waals surface area contributed by atoms with Crippen molar-refractivity contribution in [3.63, 3.8) is 0 Å². The van der Waals surface area contributed by atoms with E-state index in [2.05, 4.69) is 10.0 Å². The van der Waals surface area contributed by atoms with E-state index in [1.165, 1.54) is 18.2 Å². The molecule has 2 N–H and O–H groups in total. The van der Waals surface area contributed by atoms with Gasteiger partial charge in [-0.1, -0.05) is 0 Å². The van der Waals surface area contributed by atoms with Gasteiger partial charge in [-0.25, -0.2) is 12.8 Å². The van der Waals surface area contributed by atoms with Crippen molar-refractivity contribution in [1.82, 2.24) is 5.32 Å². The first-order valence-electron chi connectivity index (χ1n) is 6.39. The van der Waals surface area contributed by atoms with Gasteiger partial charge in [0.15, 0.2) is 0 Å². The van der Waals surface area contributed by atoms with Crippen LogP contribution >= 0.6 is 0 Å². The van der Waals surface area contributed by atoms with Gasteiger partial charge < -0.3 is 5.32 Å². The monoisotopic (exact) mass is 286 g/mol. The van der Waals surface area contributed by atoms with Gasteiger partial charge in [-0.3, -0.25) is 4.72 Å². The van der Waals surface area contributed by atoms with Crippen LogP contribution in [-0.2, 0) is 10.0 Å². The minimum absolute atomic E-state index is 0.341. The maximum absolute atomic E-state index is 13.1. The summed E-state index contributed by atoms with van der Waals surface area (Å²) in [7, 11) is -3.45. The zero-order chi connectivity index (χ0) is 14.0. The van der Waals surface area contributed by atoms with Crippen LogP contribution in [0.3, 0.4) is 0 Å². The molecule has 1 aromatic rings. The summed E-state index contributed by atoms with van der Waals surface area (Å²) in [6.07, 6.45) is 2.24. The summed E-state index contributed by atoms with van der Waals surface area (Å²) in [6.45, 7) is 3.69. The molecule has 0 aliphatic heterocycles. The SMILES string of the molecule is Cc1cc(NS(=O)(=O)C(C)CNC2CC2)ccc1F. The van der Waals surface area contributed by atoms with E-state index in [1.54, 1.807) is 13.8 Å². The number of halogens is 1. The molecule has 1 saturated carbocycles. The fraction of sp³-hybridized carbons (Fsp3) is 0.538. The Bertz CT molecular complexity index is 556. The molecular weight excluding hydrogens is 267 g/mol. The van der Waals surface area contributed by atoms with E-state index >= 15 is 0 Å². The minimum atomic E-state index is -3.45. The van der Waals surface area contributed by atoms with Crippen molar-refractivity contribution < 1.29 is 12.8 Å². The van der Waals surface area contributed by atoms with Gasteiger partial charge in [0.05, 0.1) is 5.25 Å². The molecular formula is C13H19FN2O2S. The first-order valence-corrected chi connectivity index (χ1v) is 7.94. The first kappa shape index (κ1) is 14.3. The Morgan fingerprint density at radius 3 is 2.68 bits per heavy atom. The molecule has 0 aromatic heterocycles. The number of benzene rings is 1. The highest BCUT2D eigenvalue weighted by atomic mass is 32.2. The predicted octanol–water partition coefficient (Wildman–Crippen LogP) is 2.02. The topological polar surface area (TPSA) is 58.2 Å². The van der Waals surface area contributed by atoms with E-state index in [-0.39, 0.29) is 5.82 Å². The van der Waals surface area contributed by atoms with Crippen LogP contribution in [0.1, 0.15) is 25.3 Å². The van der Waals surface area contributed by atoms with Gasteiger partial charge >= 0.3 is 0 Å². The van der Waals surface area contributed by atoms with E-state index in [4.69, 9.17) is 0 Å². The third-order valence-electron chi connectivity index (χ3n) is 3.22. The lowest BCUT2D eigenvalue weighted by atomic mass is 10.2. The van der Waals surface area contributed by atoms with E-state index in [9.17, 15) is 12.8 Å². The predicted molar refractivity (Wildman–Crippen MR) is 74.2 cm³/mol. The average Bonchev–Trinajstić information content (AvgIpc) is 3.14. The summed E-state index contributed by atoms with van der Waals surface area (Å²) in [5.74, 6) is -0.341. The Hall–Kier alpha value is -1.14. The average molecular weight is 286 g/mol. The van der Waals surface area contributed by atoms with Gasteiger partial charge in [0.1, 0.15) is 5.82 Å². The summed E-state index contributed by atoms with van der Waals surface area (Å²) in [4.78, 5) is 0. The summed E-state index contributed by atoms with van der Waals surface area (Å²) in [5.41, 5.74) is 0.820. The largest absolute Gasteiger partial charge is 0.313 e. The minimum Gasteiger partial charge on any atom is -0.313 e. The molecule has 1 atom stereocenters. The first-order chi connectivity index (χ1) is 8.88. The second-order valence-electron chi connectivity index (χ2n) is 5.10. The zero-order valence-corrected chi connectivity index (χ0v) is 11.9. The number of rotatable bonds is 6. The van der Waals surface area contributed by atoms with E-state index in [0.717, 1.165) is 12.8 Å². The molecule has 1 aromatic carbocycles. The lowest BCUT2D eigenvalue weighted by molar-refractivity contribution is 0.576. The summed E-state index contributed by atoms with van der Waals surface area (Å²) < 4.78 is 39.8. The fourth-order valence-corrected chi connectivity index (χ4v) is 2.68. The number of aryl methyl sites for hydroxylation is 1. The van der Waals surface area contributed by atoms with E-state index < -0.39 is 15.3 Å². The molecule has 1 fully saturated rings. The van der Waals surface area contributed by atoms with Crippen molar-refractivity contribution in [2.75, 3.05) is 11.3 Å². The van der Waals surface area contributed by atoms with E-state index in [1.807, 2.05) is 0 Å². The third-order valence-corrected chi connectivity index (χ3v) is 4.97. The van der Waals surface area contributed by atoms with Crippen molar-refractivity contribution in [3.05, 3.63) is 29.6 Å². The van der Waals surface area contributed by atoms with Crippen LogP contribution < -0.4 is 10.0 Å². The normalized spacial score (nSPS) is 17.2. The molecule has 1 aliphatic rings. The second-order valence-corrected chi connectivity index (χ2v) is 7.20. The van der Waals surface area contributed by atoms with Crippen molar-refractivity contribution in [1.29, 1.82) is 0 Å². The molecule has 0 spiro atoms. The van der Waals surface area contributed by atoms with Gasteiger partial charge in [-0.05, 0) is 50.5 Å². The highest BCUT2D eigenvalue weighted by Crippen LogP contribution is 2.20. The van der Waals surface area contributed by atoms with Gasteiger partial charge in [0.2, 0.25) is 10.0 Å². The lowest BCUT2D eigenvalue weighted by Crippen LogP contribution is -2.35. The highest BCUT2D eigenvalue weighted by molar-refractivity contribution is 7.93. The molecule has 0 bridgehead atoms. The maximum Gasteiger partial charge on any atom is 0.236 e. The van der Waals surface area contributed by atoms with Crippen LogP contribution in [-0.4, -0.2) is 26.3 Å². The van der Waals surface area contributed by atoms with E-state index in [0.29, 0.717) is 23.8 Å². The maximum atomic E-state index is 13.1. The quantitative estimate of drug-likeness (QED) is 0.841. The third kappa shape index (κ3) is 3.91. The van der Waals surface area contributed by atoms with Crippen LogP contribution in [0, 0.1) is 12.7 Å². The Labute approximate surface area is 113 Å². The number of nitrogens with one attached hydrogen (secondary N) is 2. The number of hydrogen-bond acceptors (Lipinski definition) is 3. The summed E-state index contributed by atoms with van der Waals surface area (Å²) >= 11 is 0. The molecule has 0 radical (unpaired) electrons. The Morgan fingerprint density at radius 2 is 2.11 bits per heavy atom. The summed E-state index contributed by atoms with van der Waals surface area (Å²) in [6, 6.07) is 4.67. The molecule has 0 amide bonds. The molecule has 1 unspecified atom stereocenters. The second kappa shape index (κ2) is 5.46. The molecule has 0 saturated heterocycles. The van der Waals surface area contributed by atoms with Gasteiger partial charge in [0.25, 0.3) is 0 Å². The smallest absolute Gasteiger partial charge is 0.236 e. The van der Waals surface area contributed by atoms with Crippen molar-refractivity contribution in [3.8, 4) is 0 Å². The van der Waals surface area contributed by atoms with Gasteiger partial charge in [-0.15, -0.1) is 0 Å². The highest BCUT2D eigenvalue weighted by Gasteiger charge is 2.25. The number of anilines is 1. The van der Waals surface area contributed by atoms with Crippen LogP contribution in [0.4, 0.5) is 10.1 Å². The zero-order valence-electron chi connectivity index (χ0n) is 11.1. The molecule has 0 heterocycles. The Morgan fingerprint density at radius 1 is 1.42 bits per heavy atom. The molecule has 2 rings (SSSR count). The number of sulfonamides is 1. The molecule has 106 valence electrons. The van der Waals surface area contributed by atoms with Crippen LogP contribution in [0.15, 0.2) is 18.2 Å². The van der Waals surface area contributed by atoms with Crippen LogP contribution in [0.2, 0.25) is 0 Å². The molecule has 4 nitrogen and oxygen atoms in total. The van der Waals surface area contributed by atoms with Crippen molar-refractivity contribution >= 4 is 15.7 Å².